The molecule has 0 N–H and O–H groups in total. The Labute approximate surface area is 78.4 Å². The summed E-state index contributed by atoms with van der Waals surface area (Å²) in [5, 5.41) is 8.89. The third-order valence-electron chi connectivity index (χ3n) is 1.61. The van der Waals surface area contributed by atoms with Crippen LogP contribution in [-0.2, 0) is 25.3 Å². The van der Waals surface area contributed by atoms with Gasteiger partial charge in [0, 0.05) is 11.5 Å². The Balaban J connectivity index is 0.000000310. The van der Waals surface area contributed by atoms with E-state index in [0.29, 0.717) is 0 Å². The maximum absolute atomic E-state index is 8.89. The molecule has 0 saturated heterocycles. The van der Waals surface area contributed by atoms with Crippen LogP contribution in [0.25, 0.3) is 0 Å². The number of carboxylic acid groups (broad SMARTS) is 1. The molecule has 1 aromatic heterocycles. The van der Waals surface area contributed by atoms with Gasteiger partial charge in [0.1, 0.15) is 0 Å². The first-order valence-corrected chi connectivity index (χ1v) is 4.16. The molecule has 0 saturated carbocycles. The lowest BCUT2D eigenvalue weighted by Crippen LogP contribution is -2.35. The van der Waals surface area contributed by atoms with E-state index in [2.05, 4.69) is 28.7 Å². The molecule has 0 aromatic carbocycles. The highest BCUT2D eigenvalue weighted by atomic mass is 16.4. The molecule has 0 atom stereocenters. The van der Waals surface area contributed by atoms with Crippen molar-refractivity contribution in [1.29, 1.82) is 0 Å². The third-order valence-corrected chi connectivity index (χ3v) is 1.61. The lowest BCUT2D eigenvalue weighted by atomic mass is 10.3. The van der Waals surface area contributed by atoms with Crippen molar-refractivity contribution < 1.29 is 14.6 Å². The second-order valence-electron chi connectivity index (χ2n) is 2.83. The van der Waals surface area contributed by atoms with Crippen molar-refractivity contribution in [2.75, 3.05) is 0 Å². The van der Waals surface area contributed by atoms with Crippen LogP contribution in [-0.4, -0.2) is 10.7 Å². The predicted molar refractivity (Wildman–Crippen MR) is 46.6 cm³/mol. The van der Waals surface area contributed by atoms with E-state index < -0.39 is 5.97 Å². The van der Waals surface area contributed by atoms with Crippen LogP contribution >= 0.6 is 0 Å². The van der Waals surface area contributed by atoms with E-state index >= 15 is 0 Å². The molecule has 0 bridgehead atoms. The number of aromatic nitrogens is 2. The number of hydrogen-bond acceptors (Lipinski definition) is 2. The highest BCUT2D eigenvalue weighted by molar-refractivity contribution is 5.60. The van der Waals surface area contributed by atoms with Crippen molar-refractivity contribution in [2.45, 2.75) is 20.3 Å². The maximum Gasteiger partial charge on any atom is 0.198 e. The van der Waals surface area contributed by atoms with E-state index in [1.54, 1.807) is 0 Å². The smallest absolute Gasteiger partial charge is 0.198 e. The molecule has 13 heavy (non-hydrogen) atoms. The molecule has 0 aliphatic rings. The number of aliphatic carboxylic acids is 1. The van der Waals surface area contributed by atoms with E-state index in [4.69, 9.17) is 9.90 Å². The first-order chi connectivity index (χ1) is 5.97. The normalized spacial score (nSPS) is 8.92. The molecule has 0 unspecified atom stereocenters. The molecule has 4 heteroatoms. The fraction of sp³-hybridized carbons (Fsp3) is 0.556. The molecular formula is C9H16N2O2. The molecule has 1 aromatic rings. The summed E-state index contributed by atoms with van der Waals surface area (Å²) >= 11 is 0. The van der Waals surface area contributed by atoms with Crippen molar-refractivity contribution in [2.24, 2.45) is 14.1 Å². The molecule has 0 radical (unpaired) electrons. The Bertz CT molecular complexity index is 256. The number of aryl methyl sites for hydroxylation is 3. The zero-order chi connectivity index (χ0) is 10.4. The highest BCUT2D eigenvalue weighted by Gasteiger charge is 2.00. The molecular weight excluding hydrogens is 168 g/mol. The molecule has 0 spiro atoms. The molecule has 0 aliphatic heterocycles. The number of rotatable bonds is 1. The number of hydrogen-bond donors (Lipinski definition) is 0. The van der Waals surface area contributed by atoms with Gasteiger partial charge >= 0.3 is 0 Å². The maximum atomic E-state index is 8.89. The van der Waals surface area contributed by atoms with Crippen LogP contribution in [0.2, 0.25) is 0 Å². The Morgan fingerprint density at radius 3 is 2.31 bits per heavy atom. The second kappa shape index (κ2) is 5.35. The van der Waals surface area contributed by atoms with E-state index in [-0.39, 0.29) is 0 Å². The van der Waals surface area contributed by atoms with Gasteiger partial charge < -0.3 is 9.90 Å². The molecule has 0 fully saturated rings. The van der Waals surface area contributed by atoms with Gasteiger partial charge in [0.25, 0.3) is 0 Å². The van der Waals surface area contributed by atoms with Gasteiger partial charge in [0.05, 0.1) is 13.2 Å². The van der Waals surface area contributed by atoms with Gasteiger partial charge in [-0.15, -0.1) is 4.68 Å². The van der Waals surface area contributed by atoms with Crippen LogP contribution < -0.4 is 9.79 Å². The molecule has 0 amide bonds. The average Bonchev–Trinajstić information content (AvgIpc) is 2.30. The summed E-state index contributed by atoms with van der Waals surface area (Å²) in [6, 6.07) is 0. The number of nitrogens with zero attached hydrogens (tertiary/aromatic N) is 2. The van der Waals surface area contributed by atoms with E-state index in [0.717, 1.165) is 13.3 Å². The van der Waals surface area contributed by atoms with Crippen LogP contribution in [0.5, 0.6) is 0 Å². The summed E-state index contributed by atoms with van der Waals surface area (Å²) in [5.74, 6) is -1.08. The predicted octanol–water partition coefficient (Wildman–Crippen LogP) is -0.832. The Kier molecular flexibility index (Phi) is 4.80. The van der Waals surface area contributed by atoms with E-state index in [1.807, 2.05) is 14.1 Å². The van der Waals surface area contributed by atoms with Crippen molar-refractivity contribution >= 4 is 5.97 Å². The first kappa shape index (κ1) is 11.7. The van der Waals surface area contributed by atoms with Gasteiger partial charge in [-0.2, -0.15) is 4.68 Å². The highest BCUT2D eigenvalue weighted by Crippen LogP contribution is 1.92. The minimum Gasteiger partial charge on any atom is -0.550 e. The van der Waals surface area contributed by atoms with Crippen LogP contribution in [0.4, 0.5) is 0 Å². The zero-order valence-electron chi connectivity index (χ0n) is 8.57. The lowest BCUT2D eigenvalue weighted by Gasteiger charge is -1.82. The van der Waals surface area contributed by atoms with Gasteiger partial charge in [-0.05, 0) is 13.3 Å². The van der Waals surface area contributed by atoms with Crippen LogP contribution in [0.15, 0.2) is 12.4 Å². The molecule has 1 heterocycles. The van der Waals surface area contributed by atoms with Gasteiger partial charge in [0.15, 0.2) is 13.2 Å². The van der Waals surface area contributed by atoms with Gasteiger partial charge in [0.2, 0.25) is 0 Å². The quantitative estimate of drug-likeness (QED) is 0.535. The summed E-state index contributed by atoms with van der Waals surface area (Å²) in [6.45, 7) is 3.13. The van der Waals surface area contributed by atoms with Crippen molar-refractivity contribution in [3.05, 3.63) is 18.0 Å². The van der Waals surface area contributed by atoms with Crippen LogP contribution in [0.3, 0.4) is 0 Å². The minimum atomic E-state index is -1.08. The zero-order valence-corrected chi connectivity index (χ0v) is 8.57. The Morgan fingerprint density at radius 2 is 2.15 bits per heavy atom. The molecule has 74 valence electrons. The van der Waals surface area contributed by atoms with Crippen LogP contribution in [0, 0.1) is 0 Å². The second-order valence-corrected chi connectivity index (χ2v) is 2.83. The van der Waals surface area contributed by atoms with Gasteiger partial charge in [-0.3, -0.25) is 0 Å². The minimum absolute atomic E-state index is 0.972. The fourth-order valence-electron chi connectivity index (χ4n) is 0.878. The van der Waals surface area contributed by atoms with Gasteiger partial charge in [-0.1, -0.05) is 6.92 Å². The number of carbonyl (C=O) groups excluding carboxylic acids is 1. The van der Waals surface area contributed by atoms with E-state index in [9.17, 15) is 0 Å². The number of carboxylic acids is 1. The van der Waals surface area contributed by atoms with Gasteiger partial charge in [-0.25, -0.2) is 0 Å². The fourth-order valence-corrected chi connectivity index (χ4v) is 0.878. The topological polar surface area (TPSA) is 48.9 Å². The largest absolute Gasteiger partial charge is 0.550 e. The Hall–Kier alpha value is -1.32. The van der Waals surface area contributed by atoms with Crippen molar-refractivity contribution in [3.8, 4) is 0 Å². The third kappa shape index (κ3) is 5.00. The van der Waals surface area contributed by atoms with Crippen molar-refractivity contribution in [3.63, 3.8) is 0 Å². The van der Waals surface area contributed by atoms with Crippen LogP contribution in [0.1, 0.15) is 19.4 Å². The summed E-state index contributed by atoms with van der Waals surface area (Å²) in [4.78, 5) is 8.89. The lowest BCUT2D eigenvalue weighted by molar-refractivity contribution is -0.751. The molecule has 4 nitrogen and oxygen atoms in total. The van der Waals surface area contributed by atoms with Crippen molar-refractivity contribution in [1.82, 2.24) is 4.68 Å². The summed E-state index contributed by atoms with van der Waals surface area (Å²) in [5.41, 5.74) is 1.39. The molecule has 0 aliphatic carbocycles. The SMILES string of the molecule is CC(=O)[O-].CCc1cn(C)[n+](C)c1. The standard InChI is InChI=1S/C7H13N2.C2H4O2/c1-4-7-5-8(2)9(3)6-7;1-2(3)4/h5-6H,4H2,1-3H3;1H3,(H,3,4)/q+1;/p-1. The first-order valence-electron chi connectivity index (χ1n) is 4.16. The van der Waals surface area contributed by atoms with E-state index in [1.165, 1.54) is 5.56 Å². The monoisotopic (exact) mass is 184 g/mol. The Morgan fingerprint density at radius 1 is 1.69 bits per heavy atom. The summed E-state index contributed by atoms with van der Waals surface area (Å²) in [6.07, 6.45) is 5.40. The average molecular weight is 184 g/mol. The summed E-state index contributed by atoms with van der Waals surface area (Å²) < 4.78 is 4.14. The summed E-state index contributed by atoms with van der Waals surface area (Å²) in [7, 11) is 4.08. The molecule has 1 rings (SSSR count). The number of carbonyl (C=O) groups is 1.